The van der Waals surface area contributed by atoms with E-state index < -0.39 is 6.36 Å². The Morgan fingerprint density at radius 3 is 2.89 bits per heavy atom. The van der Waals surface area contributed by atoms with Gasteiger partial charge in [0.25, 0.3) is 0 Å². The van der Waals surface area contributed by atoms with Gasteiger partial charge in [0.15, 0.2) is 5.13 Å². The molecule has 0 saturated heterocycles. The van der Waals surface area contributed by atoms with E-state index in [4.69, 9.17) is 0 Å². The molecule has 0 bridgehead atoms. The largest absolute Gasteiger partial charge is 0.573 e. The third kappa shape index (κ3) is 3.76. The molecule has 1 heterocycles. The predicted octanol–water partition coefficient (Wildman–Crippen LogP) is 3.63. The smallest absolute Gasteiger partial charge is 0.406 e. The van der Waals surface area contributed by atoms with E-state index in [0.717, 1.165) is 0 Å². The molecule has 0 aliphatic heterocycles. The van der Waals surface area contributed by atoms with Gasteiger partial charge in [0, 0.05) is 6.07 Å². The minimum absolute atomic E-state index is 0.247. The lowest BCUT2D eigenvalue weighted by molar-refractivity contribution is -0.274. The van der Waals surface area contributed by atoms with Crippen LogP contribution in [0.5, 0.6) is 5.75 Å². The fourth-order valence-electron chi connectivity index (χ4n) is 1.39. The highest BCUT2D eigenvalue weighted by atomic mass is 32.1. The van der Waals surface area contributed by atoms with Crippen molar-refractivity contribution >= 4 is 26.7 Å². The minimum atomic E-state index is -4.68. The van der Waals surface area contributed by atoms with Crippen molar-refractivity contribution in [1.82, 2.24) is 4.98 Å². The normalized spacial score (nSPS) is 10.9. The maximum absolute atomic E-state index is 12.1. The standard InChI is InChI=1S/C12H9F3N2OS/c1-2-3-6-16-11-17-9-5-4-8(7-10(9)19-11)18-12(13,14)15/h4-5,7H,6H2,1H3,(H,16,17). The lowest BCUT2D eigenvalue weighted by atomic mass is 10.3. The number of benzene rings is 1. The van der Waals surface area contributed by atoms with E-state index in [1.54, 1.807) is 6.92 Å². The summed E-state index contributed by atoms with van der Waals surface area (Å²) in [5.41, 5.74) is 0.617. The molecule has 1 aromatic carbocycles. The number of nitrogens with one attached hydrogen (secondary N) is 1. The van der Waals surface area contributed by atoms with Gasteiger partial charge in [-0.25, -0.2) is 4.98 Å². The molecule has 100 valence electrons. The Hall–Kier alpha value is -1.94. The number of hydrogen-bond donors (Lipinski definition) is 1. The number of anilines is 1. The highest BCUT2D eigenvalue weighted by Crippen LogP contribution is 2.31. The number of fused-ring (bicyclic) bond motifs is 1. The summed E-state index contributed by atoms with van der Waals surface area (Å²) in [5, 5.41) is 3.59. The minimum Gasteiger partial charge on any atom is -0.406 e. The van der Waals surface area contributed by atoms with Gasteiger partial charge < -0.3 is 10.1 Å². The van der Waals surface area contributed by atoms with Gasteiger partial charge in [-0.15, -0.1) is 19.1 Å². The van der Waals surface area contributed by atoms with Crippen LogP contribution in [0.25, 0.3) is 10.2 Å². The van der Waals surface area contributed by atoms with Crippen molar-refractivity contribution in [3.63, 3.8) is 0 Å². The van der Waals surface area contributed by atoms with Crippen molar-refractivity contribution in [2.75, 3.05) is 11.9 Å². The summed E-state index contributed by atoms with van der Waals surface area (Å²) in [7, 11) is 0. The fourth-order valence-corrected chi connectivity index (χ4v) is 2.28. The van der Waals surface area contributed by atoms with E-state index in [-0.39, 0.29) is 5.75 Å². The zero-order valence-electron chi connectivity index (χ0n) is 9.84. The van der Waals surface area contributed by atoms with Gasteiger partial charge in [-0.3, -0.25) is 0 Å². The van der Waals surface area contributed by atoms with Gasteiger partial charge in [-0.1, -0.05) is 17.3 Å². The van der Waals surface area contributed by atoms with Gasteiger partial charge in [0.2, 0.25) is 0 Å². The zero-order valence-corrected chi connectivity index (χ0v) is 10.7. The third-order valence-electron chi connectivity index (χ3n) is 2.10. The quantitative estimate of drug-likeness (QED) is 0.875. The molecule has 0 aliphatic rings. The van der Waals surface area contributed by atoms with Gasteiger partial charge >= 0.3 is 6.36 Å². The topological polar surface area (TPSA) is 34.2 Å². The molecule has 2 rings (SSSR count). The highest BCUT2D eigenvalue weighted by Gasteiger charge is 2.31. The van der Waals surface area contributed by atoms with Crippen LogP contribution < -0.4 is 10.1 Å². The zero-order chi connectivity index (χ0) is 13.9. The predicted molar refractivity (Wildman–Crippen MR) is 68.2 cm³/mol. The van der Waals surface area contributed by atoms with E-state index in [1.807, 2.05) is 0 Å². The van der Waals surface area contributed by atoms with Crippen molar-refractivity contribution in [3.05, 3.63) is 18.2 Å². The first-order chi connectivity index (χ1) is 8.98. The summed E-state index contributed by atoms with van der Waals surface area (Å²) < 4.78 is 40.7. The number of hydrogen-bond acceptors (Lipinski definition) is 4. The second kappa shape index (κ2) is 5.36. The molecule has 2 aromatic rings. The lowest BCUT2D eigenvalue weighted by Gasteiger charge is -2.07. The highest BCUT2D eigenvalue weighted by molar-refractivity contribution is 7.22. The molecular weight excluding hydrogens is 277 g/mol. The molecule has 1 N–H and O–H groups in total. The first-order valence-electron chi connectivity index (χ1n) is 5.28. The SMILES string of the molecule is CC#CCNc1nc2ccc(OC(F)(F)F)cc2s1. The molecule has 0 atom stereocenters. The Morgan fingerprint density at radius 1 is 1.42 bits per heavy atom. The van der Waals surface area contributed by atoms with Crippen molar-refractivity contribution < 1.29 is 17.9 Å². The van der Waals surface area contributed by atoms with Crippen LogP contribution in [-0.2, 0) is 0 Å². The number of nitrogens with zero attached hydrogens (tertiary/aromatic N) is 1. The molecule has 0 spiro atoms. The molecular formula is C12H9F3N2OS. The van der Waals surface area contributed by atoms with Crippen LogP contribution in [-0.4, -0.2) is 17.9 Å². The first-order valence-corrected chi connectivity index (χ1v) is 6.09. The van der Waals surface area contributed by atoms with E-state index in [9.17, 15) is 13.2 Å². The lowest BCUT2D eigenvalue weighted by Crippen LogP contribution is -2.16. The summed E-state index contributed by atoms with van der Waals surface area (Å²) in [5.74, 6) is 5.29. The number of aromatic nitrogens is 1. The Morgan fingerprint density at radius 2 is 2.21 bits per heavy atom. The number of alkyl halides is 3. The Bertz CT molecular complexity index is 640. The number of rotatable bonds is 3. The Balaban J connectivity index is 2.20. The van der Waals surface area contributed by atoms with Crippen LogP contribution in [0.4, 0.5) is 18.3 Å². The van der Waals surface area contributed by atoms with Gasteiger partial charge in [0.05, 0.1) is 16.8 Å². The third-order valence-corrected chi connectivity index (χ3v) is 3.07. The average molecular weight is 286 g/mol. The van der Waals surface area contributed by atoms with Crippen molar-refractivity contribution in [2.45, 2.75) is 13.3 Å². The Labute approximate surface area is 111 Å². The number of ether oxygens (including phenoxy) is 1. The van der Waals surface area contributed by atoms with Crippen LogP contribution in [0, 0.1) is 11.8 Å². The van der Waals surface area contributed by atoms with Crippen LogP contribution in [0.1, 0.15) is 6.92 Å². The first kappa shape index (κ1) is 13.5. The maximum atomic E-state index is 12.1. The molecule has 0 radical (unpaired) electrons. The van der Waals surface area contributed by atoms with Crippen molar-refractivity contribution in [1.29, 1.82) is 0 Å². The summed E-state index contributed by atoms with van der Waals surface area (Å²) in [6.07, 6.45) is -4.68. The van der Waals surface area contributed by atoms with Crippen LogP contribution in [0.3, 0.4) is 0 Å². The van der Waals surface area contributed by atoms with Gasteiger partial charge in [-0.05, 0) is 19.1 Å². The molecule has 0 amide bonds. The summed E-state index contributed by atoms with van der Waals surface area (Å²) in [6.45, 7) is 2.17. The van der Waals surface area contributed by atoms with Gasteiger partial charge in [0.1, 0.15) is 5.75 Å². The fraction of sp³-hybridized carbons (Fsp3) is 0.250. The van der Waals surface area contributed by atoms with Crippen molar-refractivity contribution in [2.24, 2.45) is 0 Å². The van der Waals surface area contributed by atoms with Crippen molar-refractivity contribution in [3.8, 4) is 17.6 Å². The molecule has 0 fully saturated rings. The molecule has 0 aliphatic carbocycles. The second-order valence-electron chi connectivity index (χ2n) is 3.48. The van der Waals surface area contributed by atoms with E-state index in [2.05, 4.69) is 26.9 Å². The Kier molecular flexibility index (Phi) is 3.81. The maximum Gasteiger partial charge on any atom is 0.573 e. The van der Waals surface area contributed by atoms with Crippen LogP contribution in [0.2, 0.25) is 0 Å². The summed E-state index contributed by atoms with van der Waals surface area (Å²) >= 11 is 1.25. The van der Waals surface area contributed by atoms with Crippen LogP contribution >= 0.6 is 11.3 Å². The monoisotopic (exact) mass is 286 g/mol. The van der Waals surface area contributed by atoms with Crippen LogP contribution in [0.15, 0.2) is 18.2 Å². The molecule has 0 saturated carbocycles. The molecule has 7 heteroatoms. The van der Waals surface area contributed by atoms with E-state index in [1.165, 1.54) is 29.5 Å². The van der Waals surface area contributed by atoms with E-state index >= 15 is 0 Å². The molecule has 0 unspecified atom stereocenters. The molecule has 19 heavy (non-hydrogen) atoms. The molecule has 3 nitrogen and oxygen atoms in total. The summed E-state index contributed by atoms with van der Waals surface area (Å²) in [6, 6.07) is 4.05. The molecule has 1 aromatic heterocycles. The number of halogens is 3. The van der Waals surface area contributed by atoms with E-state index in [0.29, 0.717) is 21.9 Å². The summed E-state index contributed by atoms with van der Waals surface area (Å²) in [4.78, 5) is 4.22. The van der Waals surface area contributed by atoms with Gasteiger partial charge in [-0.2, -0.15) is 0 Å². The number of thiazole rings is 1. The average Bonchev–Trinajstić information content (AvgIpc) is 2.69. The second-order valence-corrected chi connectivity index (χ2v) is 4.51.